The van der Waals surface area contributed by atoms with E-state index in [9.17, 15) is 13.6 Å². The standard InChI is InChI=1S/C14H19F2NO3/c1-4-13(18)17(3)9-10-6-7-11(20-14(15)16)12(8-10)19-5-2/h6-8,14H,4-5,9H2,1-3H3. The summed E-state index contributed by atoms with van der Waals surface area (Å²) in [5, 5.41) is 0. The van der Waals surface area contributed by atoms with Crippen LogP contribution in [0.1, 0.15) is 25.8 Å². The van der Waals surface area contributed by atoms with Gasteiger partial charge in [-0.15, -0.1) is 0 Å². The molecule has 0 N–H and O–H groups in total. The number of amides is 1. The molecule has 112 valence electrons. The van der Waals surface area contributed by atoms with Crippen molar-refractivity contribution in [1.29, 1.82) is 0 Å². The molecule has 0 unspecified atom stereocenters. The van der Waals surface area contributed by atoms with Crippen LogP contribution in [-0.2, 0) is 11.3 Å². The van der Waals surface area contributed by atoms with Crippen molar-refractivity contribution in [3.63, 3.8) is 0 Å². The molecule has 1 amide bonds. The van der Waals surface area contributed by atoms with Crippen molar-refractivity contribution in [2.45, 2.75) is 33.4 Å². The average molecular weight is 287 g/mol. The number of hydrogen-bond donors (Lipinski definition) is 0. The summed E-state index contributed by atoms with van der Waals surface area (Å²) in [7, 11) is 1.69. The van der Waals surface area contributed by atoms with Crippen molar-refractivity contribution in [3.05, 3.63) is 23.8 Å². The van der Waals surface area contributed by atoms with Gasteiger partial charge >= 0.3 is 6.61 Å². The number of carbonyl (C=O) groups excluding carboxylic acids is 1. The minimum Gasteiger partial charge on any atom is -0.490 e. The summed E-state index contributed by atoms with van der Waals surface area (Å²) in [5.74, 6) is 0.258. The third-order valence-corrected chi connectivity index (χ3v) is 2.67. The lowest BCUT2D eigenvalue weighted by Crippen LogP contribution is -2.25. The third-order valence-electron chi connectivity index (χ3n) is 2.67. The molecule has 0 saturated carbocycles. The van der Waals surface area contributed by atoms with Crippen LogP contribution in [-0.4, -0.2) is 31.1 Å². The molecule has 0 fully saturated rings. The van der Waals surface area contributed by atoms with Crippen LogP contribution in [0.25, 0.3) is 0 Å². The Morgan fingerprint density at radius 2 is 2.00 bits per heavy atom. The van der Waals surface area contributed by atoms with Crippen molar-refractivity contribution in [2.24, 2.45) is 0 Å². The van der Waals surface area contributed by atoms with Crippen LogP contribution in [0.4, 0.5) is 8.78 Å². The van der Waals surface area contributed by atoms with Gasteiger partial charge in [0.25, 0.3) is 0 Å². The average Bonchev–Trinajstić information content (AvgIpc) is 2.40. The summed E-state index contributed by atoms with van der Waals surface area (Å²) >= 11 is 0. The van der Waals surface area contributed by atoms with E-state index in [1.54, 1.807) is 37.9 Å². The van der Waals surface area contributed by atoms with Crippen molar-refractivity contribution >= 4 is 5.91 Å². The Balaban J connectivity index is 2.89. The van der Waals surface area contributed by atoms with Crippen LogP contribution in [0.2, 0.25) is 0 Å². The Kier molecular flexibility index (Phi) is 6.21. The van der Waals surface area contributed by atoms with Gasteiger partial charge in [0.2, 0.25) is 5.91 Å². The Hall–Kier alpha value is -1.85. The first-order valence-electron chi connectivity index (χ1n) is 6.42. The van der Waals surface area contributed by atoms with E-state index in [-0.39, 0.29) is 17.4 Å². The predicted octanol–water partition coefficient (Wildman–Crippen LogP) is 3.06. The monoisotopic (exact) mass is 287 g/mol. The molecular weight excluding hydrogens is 268 g/mol. The SMILES string of the molecule is CCOc1cc(CN(C)C(=O)CC)ccc1OC(F)F. The molecule has 0 heterocycles. The molecule has 0 bridgehead atoms. The van der Waals surface area contributed by atoms with E-state index in [1.165, 1.54) is 6.07 Å². The number of rotatable bonds is 7. The molecular formula is C14H19F2NO3. The van der Waals surface area contributed by atoms with Crippen LogP contribution in [0.5, 0.6) is 11.5 Å². The van der Waals surface area contributed by atoms with E-state index in [0.717, 1.165) is 5.56 Å². The highest BCUT2D eigenvalue weighted by atomic mass is 19.3. The quantitative estimate of drug-likeness (QED) is 0.773. The largest absolute Gasteiger partial charge is 0.490 e. The zero-order chi connectivity index (χ0) is 15.1. The van der Waals surface area contributed by atoms with E-state index in [2.05, 4.69) is 4.74 Å². The Labute approximate surface area is 117 Å². The van der Waals surface area contributed by atoms with Crippen LogP contribution < -0.4 is 9.47 Å². The molecule has 1 rings (SSSR count). The van der Waals surface area contributed by atoms with Crippen LogP contribution in [0, 0.1) is 0 Å². The lowest BCUT2D eigenvalue weighted by atomic mass is 10.2. The van der Waals surface area contributed by atoms with Crippen LogP contribution in [0.3, 0.4) is 0 Å². The zero-order valence-electron chi connectivity index (χ0n) is 11.9. The molecule has 0 radical (unpaired) electrons. The highest BCUT2D eigenvalue weighted by molar-refractivity contribution is 5.75. The van der Waals surface area contributed by atoms with E-state index >= 15 is 0 Å². The summed E-state index contributed by atoms with van der Waals surface area (Å²) in [6.07, 6.45) is 0.418. The second kappa shape index (κ2) is 7.67. The molecule has 1 aromatic rings. The van der Waals surface area contributed by atoms with E-state index in [4.69, 9.17) is 4.74 Å². The zero-order valence-corrected chi connectivity index (χ0v) is 11.9. The number of alkyl halides is 2. The second-order valence-corrected chi connectivity index (χ2v) is 4.20. The number of halogens is 2. The van der Waals surface area contributed by atoms with E-state index < -0.39 is 6.61 Å². The fraction of sp³-hybridized carbons (Fsp3) is 0.500. The van der Waals surface area contributed by atoms with Gasteiger partial charge in [-0.2, -0.15) is 8.78 Å². The van der Waals surface area contributed by atoms with Gasteiger partial charge in [0.1, 0.15) is 0 Å². The lowest BCUT2D eigenvalue weighted by Gasteiger charge is -2.18. The number of nitrogens with zero attached hydrogens (tertiary/aromatic N) is 1. The van der Waals surface area contributed by atoms with Crippen molar-refractivity contribution in [3.8, 4) is 11.5 Å². The summed E-state index contributed by atoms with van der Waals surface area (Å²) in [6.45, 7) is 1.37. The number of ether oxygens (including phenoxy) is 2. The van der Waals surface area contributed by atoms with Crippen molar-refractivity contribution < 1.29 is 23.0 Å². The van der Waals surface area contributed by atoms with Gasteiger partial charge in [0.15, 0.2) is 11.5 Å². The third kappa shape index (κ3) is 4.68. The molecule has 0 aliphatic rings. The van der Waals surface area contributed by atoms with Gasteiger partial charge in [-0.05, 0) is 24.6 Å². The molecule has 0 aliphatic carbocycles. The van der Waals surface area contributed by atoms with Gasteiger partial charge < -0.3 is 14.4 Å². The Morgan fingerprint density at radius 3 is 2.55 bits per heavy atom. The minimum atomic E-state index is -2.90. The maximum Gasteiger partial charge on any atom is 0.387 e. The second-order valence-electron chi connectivity index (χ2n) is 4.20. The van der Waals surface area contributed by atoms with Gasteiger partial charge in [-0.3, -0.25) is 4.79 Å². The molecule has 4 nitrogen and oxygen atoms in total. The van der Waals surface area contributed by atoms with E-state index in [1.807, 2.05) is 0 Å². The summed E-state index contributed by atoms with van der Waals surface area (Å²) < 4.78 is 34.2. The maximum atomic E-state index is 12.3. The summed E-state index contributed by atoms with van der Waals surface area (Å²) in [6, 6.07) is 4.68. The molecule has 20 heavy (non-hydrogen) atoms. The highest BCUT2D eigenvalue weighted by Gasteiger charge is 2.13. The maximum absolute atomic E-state index is 12.3. The molecule has 0 aromatic heterocycles. The minimum absolute atomic E-state index is 0.00456. The topological polar surface area (TPSA) is 38.8 Å². The van der Waals surface area contributed by atoms with Crippen molar-refractivity contribution in [1.82, 2.24) is 4.90 Å². The Morgan fingerprint density at radius 1 is 1.30 bits per heavy atom. The summed E-state index contributed by atoms with van der Waals surface area (Å²) in [5.41, 5.74) is 0.791. The molecule has 0 spiro atoms. The molecule has 6 heteroatoms. The van der Waals surface area contributed by atoms with Gasteiger partial charge in [0.05, 0.1) is 6.61 Å². The molecule has 0 saturated heterocycles. The first-order chi connectivity index (χ1) is 9.47. The van der Waals surface area contributed by atoms with Gasteiger partial charge in [-0.1, -0.05) is 13.0 Å². The predicted molar refractivity (Wildman–Crippen MR) is 71.0 cm³/mol. The smallest absolute Gasteiger partial charge is 0.387 e. The molecule has 0 atom stereocenters. The molecule has 1 aromatic carbocycles. The number of benzene rings is 1. The lowest BCUT2D eigenvalue weighted by molar-refractivity contribution is -0.130. The number of hydrogen-bond acceptors (Lipinski definition) is 3. The van der Waals surface area contributed by atoms with E-state index in [0.29, 0.717) is 19.6 Å². The van der Waals surface area contributed by atoms with Crippen LogP contribution in [0.15, 0.2) is 18.2 Å². The Bertz CT molecular complexity index is 452. The molecule has 0 aliphatic heterocycles. The first kappa shape index (κ1) is 16.2. The normalized spacial score (nSPS) is 10.5. The van der Waals surface area contributed by atoms with Gasteiger partial charge in [0, 0.05) is 20.0 Å². The number of carbonyl (C=O) groups is 1. The van der Waals surface area contributed by atoms with Crippen LogP contribution >= 0.6 is 0 Å². The van der Waals surface area contributed by atoms with Crippen molar-refractivity contribution in [2.75, 3.05) is 13.7 Å². The van der Waals surface area contributed by atoms with Gasteiger partial charge in [-0.25, -0.2) is 0 Å². The first-order valence-corrected chi connectivity index (χ1v) is 6.42. The summed E-state index contributed by atoms with van der Waals surface area (Å²) in [4.78, 5) is 13.1. The highest BCUT2D eigenvalue weighted by Crippen LogP contribution is 2.30. The fourth-order valence-electron chi connectivity index (χ4n) is 1.74. The fourth-order valence-corrected chi connectivity index (χ4v) is 1.74.